The Balaban J connectivity index is 1.57. The Morgan fingerprint density at radius 3 is 2.29 bits per heavy atom. The van der Waals surface area contributed by atoms with Crippen molar-refractivity contribution in [2.45, 2.75) is 38.5 Å². The molecule has 4 nitrogen and oxygen atoms in total. The minimum absolute atomic E-state index is 0.0295. The topological polar surface area (TPSA) is 58.2 Å². The first-order valence-electron chi connectivity index (χ1n) is 11.8. The van der Waals surface area contributed by atoms with Gasteiger partial charge in [0.15, 0.2) is 5.78 Å². The molecule has 0 unspecified atom stereocenters. The summed E-state index contributed by atoms with van der Waals surface area (Å²) < 4.78 is 14.3. The lowest BCUT2D eigenvalue weighted by molar-refractivity contribution is -0.116. The van der Waals surface area contributed by atoms with Crippen LogP contribution in [0.4, 0.5) is 10.1 Å². The molecule has 3 aromatic rings. The van der Waals surface area contributed by atoms with E-state index in [9.17, 15) is 14.0 Å². The zero-order valence-electron chi connectivity index (χ0n) is 19.8. The van der Waals surface area contributed by atoms with Gasteiger partial charge >= 0.3 is 0 Å². The summed E-state index contributed by atoms with van der Waals surface area (Å²) in [5.74, 6) is -1.34. The SMILES string of the molecule is CC1=C(C(=O)Nc2ccccc2F)[C@H](c2ccc(C)cc2)C2=C(C[C@H](c3ccccc3)CC2=O)N1. The second kappa shape index (κ2) is 9.34. The van der Waals surface area contributed by atoms with Gasteiger partial charge in [-0.25, -0.2) is 4.39 Å². The monoisotopic (exact) mass is 466 g/mol. The van der Waals surface area contributed by atoms with Crippen LogP contribution < -0.4 is 10.6 Å². The van der Waals surface area contributed by atoms with E-state index in [0.29, 0.717) is 29.7 Å². The molecule has 35 heavy (non-hydrogen) atoms. The number of carbonyl (C=O) groups excluding carboxylic acids is 2. The Kier molecular flexibility index (Phi) is 6.08. The number of dihydropyridines is 1. The fraction of sp³-hybridized carbons (Fsp3) is 0.200. The summed E-state index contributed by atoms with van der Waals surface area (Å²) in [4.78, 5) is 27.2. The molecule has 3 aromatic carbocycles. The first-order valence-corrected chi connectivity index (χ1v) is 11.8. The van der Waals surface area contributed by atoms with Gasteiger partial charge in [-0.3, -0.25) is 9.59 Å². The molecule has 5 heteroatoms. The fourth-order valence-corrected chi connectivity index (χ4v) is 5.15. The van der Waals surface area contributed by atoms with Crippen LogP contribution in [0.1, 0.15) is 48.3 Å². The van der Waals surface area contributed by atoms with Gasteiger partial charge < -0.3 is 10.6 Å². The number of hydrogen-bond donors (Lipinski definition) is 2. The Bertz CT molecular complexity index is 1360. The molecule has 0 saturated heterocycles. The molecule has 176 valence electrons. The number of halogens is 1. The van der Waals surface area contributed by atoms with Gasteiger partial charge in [-0.15, -0.1) is 0 Å². The molecule has 1 heterocycles. The molecule has 1 aliphatic carbocycles. The van der Waals surface area contributed by atoms with Gasteiger partial charge in [0.1, 0.15) is 5.82 Å². The molecule has 2 aliphatic rings. The molecule has 0 fully saturated rings. The van der Waals surface area contributed by atoms with Gasteiger partial charge in [-0.2, -0.15) is 0 Å². The third-order valence-electron chi connectivity index (χ3n) is 6.88. The molecular weight excluding hydrogens is 439 g/mol. The summed E-state index contributed by atoms with van der Waals surface area (Å²) >= 11 is 0. The van der Waals surface area contributed by atoms with Crippen LogP contribution in [0.25, 0.3) is 0 Å². The van der Waals surface area contributed by atoms with Gasteiger partial charge in [0.25, 0.3) is 5.91 Å². The lowest BCUT2D eigenvalue weighted by atomic mass is 9.71. The molecule has 0 bridgehead atoms. The number of benzene rings is 3. The second-order valence-corrected chi connectivity index (χ2v) is 9.27. The fourth-order valence-electron chi connectivity index (χ4n) is 5.15. The number of Topliss-reactive ketones (excluding diaryl/α,β-unsaturated/α-hetero) is 1. The molecule has 0 aromatic heterocycles. The number of nitrogens with one attached hydrogen (secondary N) is 2. The van der Waals surface area contributed by atoms with Crippen molar-refractivity contribution in [2.75, 3.05) is 5.32 Å². The summed E-state index contributed by atoms with van der Waals surface area (Å²) in [5.41, 5.74) is 5.80. The normalized spacial score (nSPS) is 19.8. The number of ketones is 1. The molecule has 5 rings (SSSR count). The highest BCUT2D eigenvalue weighted by Gasteiger charge is 2.40. The maximum atomic E-state index is 14.3. The molecule has 1 aliphatic heterocycles. The van der Waals surface area contributed by atoms with E-state index in [1.165, 1.54) is 12.1 Å². The van der Waals surface area contributed by atoms with Crippen LogP contribution >= 0.6 is 0 Å². The van der Waals surface area contributed by atoms with Crippen LogP contribution in [-0.2, 0) is 9.59 Å². The summed E-state index contributed by atoms with van der Waals surface area (Å²) in [6, 6.07) is 24.1. The lowest BCUT2D eigenvalue weighted by Gasteiger charge is -2.37. The minimum atomic E-state index is -0.525. The smallest absolute Gasteiger partial charge is 0.254 e. The maximum absolute atomic E-state index is 14.3. The van der Waals surface area contributed by atoms with Crippen molar-refractivity contribution in [2.24, 2.45) is 0 Å². The third-order valence-corrected chi connectivity index (χ3v) is 6.88. The van der Waals surface area contributed by atoms with Crippen molar-refractivity contribution in [1.82, 2.24) is 5.32 Å². The molecule has 0 saturated carbocycles. The molecule has 0 spiro atoms. The average Bonchev–Trinajstić information content (AvgIpc) is 2.85. The van der Waals surface area contributed by atoms with E-state index in [0.717, 1.165) is 22.4 Å². The quantitative estimate of drug-likeness (QED) is 0.486. The van der Waals surface area contributed by atoms with E-state index < -0.39 is 17.6 Å². The van der Waals surface area contributed by atoms with Crippen molar-refractivity contribution in [1.29, 1.82) is 0 Å². The first-order chi connectivity index (χ1) is 16.9. The molecular formula is C30H27FN2O2. The second-order valence-electron chi connectivity index (χ2n) is 9.27. The van der Waals surface area contributed by atoms with Gasteiger partial charge in [-0.1, -0.05) is 72.3 Å². The van der Waals surface area contributed by atoms with Gasteiger partial charge in [0.2, 0.25) is 0 Å². The lowest BCUT2D eigenvalue weighted by Crippen LogP contribution is -2.37. The molecule has 0 radical (unpaired) electrons. The number of aryl methyl sites for hydroxylation is 1. The highest BCUT2D eigenvalue weighted by molar-refractivity contribution is 6.10. The van der Waals surface area contributed by atoms with Crippen LogP contribution in [-0.4, -0.2) is 11.7 Å². The largest absolute Gasteiger partial charge is 0.362 e. The van der Waals surface area contributed by atoms with Crippen molar-refractivity contribution in [3.05, 3.63) is 124 Å². The van der Waals surface area contributed by atoms with Crippen molar-refractivity contribution in [3.63, 3.8) is 0 Å². The Hall–Kier alpha value is -3.99. The molecule has 1 amide bonds. The van der Waals surface area contributed by atoms with E-state index in [1.54, 1.807) is 12.1 Å². The van der Waals surface area contributed by atoms with Gasteiger partial charge in [0, 0.05) is 34.9 Å². The summed E-state index contributed by atoms with van der Waals surface area (Å²) in [6.07, 6.45) is 1.07. The third kappa shape index (κ3) is 4.42. The summed E-state index contributed by atoms with van der Waals surface area (Å²) in [7, 11) is 0. The van der Waals surface area contributed by atoms with Crippen LogP contribution in [0, 0.1) is 12.7 Å². The predicted molar refractivity (Wildman–Crippen MR) is 135 cm³/mol. The van der Waals surface area contributed by atoms with E-state index in [-0.39, 0.29) is 17.4 Å². The van der Waals surface area contributed by atoms with Crippen molar-refractivity contribution >= 4 is 17.4 Å². The predicted octanol–water partition coefficient (Wildman–Crippen LogP) is 6.13. The number of para-hydroxylation sites is 1. The highest BCUT2D eigenvalue weighted by Crippen LogP contribution is 2.45. The van der Waals surface area contributed by atoms with E-state index in [4.69, 9.17) is 0 Å². The Labute approximate surface area is 204 Å². The number of amides is 1. The van der Waals surface area contributed by atoms with E-state index in [1.807, 2.05) is 56.3 Å². The highest BCUT2D eigenvalue weighted by atomic mass is 19.1. The Morgan fingerprint density at radius 2 is 1.57 bits per heavy atom. The standard InChI is InChI=1S/C30H27FN2O2/c1-18-12-14-21(15-13-18)28-27(30(35)33-24-11-7-6-10-23(24)31)19(2)32-25-16-22(17-26(34)29(25)28)20-8-4-3-5-9-20/h3-15,22,28,32H,16-17H2,1-2H3,(H,33,35)/t22-,28-/m0/s1. The number of hydrogen-bond acceptors (Lipinski definition) is 3. The van der Waals surface area contributed by atoms with Crippen LogP contribution in [0.15, 0.2) is 101 Å². The summed E-state index contributed by atoms with van der Waals surface area (Å²) in [5, 5.41) is 6.10. The van der Waals surface area contributed by atoms with Crippen molar-refractivity contribution < 1.29 is 14.0 Å². The zero-order chi connectivity index (χ0) is 24.5. The van der Waals surface area contributed by atoms with Gasteiger partial charge in [-0.05, 0) is 49.4 Å². The number of anilines is 1. The number of carbonyl (C=O) groups is 2. The first kappa shape index (κ1) is 22.8. The minimum Gasteiger partial charge on any atom is -0.362 e. The molecule has 2 N–H and O–H groups in total. The maximum Gasteiger partial charge on any atom is 0.254 e. The zero-order valence-corrected chi connectivity index (χ0v) is 19.8. The summed E-state index contributed by atoms with van der Waals surface area (Å²) in [6.45, 7) is 3.85. The van der Waals surface area contributed by atoms with Gasteiger partial charge in [0.05, 0.1) is 5.69 Å². The van der Waals surface area contributed by atoms with Crippen LogP contribution in [0.3, 0.4) is 0 Å². The van der Waals surface area contributed by atoms with E-state index in [2.05, 4.69) is 22.8 Å². The molecule has 2 atom stereocenters. The van der Waals surface area contributed by atoms with Crippen molar-refractivity contribution in [3.8, 4) is 0 Å². The number of rotatable bonds is 4. The van der Waals surface area contributed by atoms with E-state index >= 15 is 0 Å². The van der Waals surface area contributed by atoms with Crippen LogP contribution in [0.5, 0.6) is 0 Å². The number of allylic oxidation sites excluding steroid dienone is 3. The Morgan fingerprint density at radius 1 is 0.886 bits per heavy atom. The average molecular weight is 467 g/mol. The van der Waals surface area contributed by atoms with Crippen LogP contribution in [0.2, 0.25) is 0 Å².